The first kappa shape index (κ1) is 12.4. The number of halogens is 1. The number of pyridine rings is 1. The van der Waals surface area contributed by atoms with E-state index in [1.807, 2.05) is 12.1 Å². The molecular formula is C11H12BrN5O2. The summed E-state index contributed by atoms with van der Waals surface area (Å²) in [7, 11) is 0. The lowest BCUT2D eigenvalue weighted by molar-refractivity contribution is -0.142. The van der Waals surface area contributed by atoms with Crippen molar-refractivity contribution in [1.29, 1.82) is 0 Å². The van der Waals surface area contributed by atoms with Crippen LogP contribution in [0.15, 0.2) is 22.8 Å². The predicted molar refractivity (Wildman–Crippen MR) is 72.1 cm³/mol. The van der Waals surface area contributed by atoms with Crippen LogP contribution in [0.1, 0.15) is 6.42 Å². The van der Waals surface area contributed by atoms with Gasteiger partial charge in [-0.25, -0.2) is 4.52 Å². The van der Waals surface area contributed by atoms with Crippen LogP contribution in [0, 0.1) is 0 Å². The van der Waals surface area contributed by atoms with E-state index in [0.717, 1.165) is 4.47 Å². The second-order valence-corrected chi connectivity index (χ2v) is 5.61. The molecule has 0 aliphatic carbocycles. The van der Waals surface area contributed by atoms with Crippen molar-refractivity contribution >= 4 is 33.5 Å². The van der Waals surface area contributed by atoms with Crippen LogP contribution < -0.4 is 10.6 Å². The second kappa shape index (κ2) is 4.17. The zero-order chi connectivity index (χ0) is 13.6. The maximum atomic E-state index is 11.1. The van der Waals surface area contributed by atoms with E-state index in [1.54, 1.807) is 15.6 Å². The fourth-order valence-corrected chi connectivity index (χ4v) is 2.48. The first-order valence-electron chi connectivity index (χ1n) is 5.77. The van der Waals surface area contributed by atoms with Gasteiger partial charge < -0.3 is 15.7 Å². The van der Waals surface area contributed by atoms with E-state index in [4.69, 9.17) is 10.8 Å². The summed E-state index contributed by atoms with van der Waals surface area (Å²) in [5, 5.41) is 13.4. The SMILES string of the molecule is NC1(C(=O)O)CCN(c2nc3ccc(Br)cn3n2)C1. The molecule has 0 saturated carbocycles. The monoisotopic (exact) mass is 325 g/mol. The Morgan fingerprint density at radius 2 is 2.32 bits per heavy atom. The number of hydrogen-bond acceptors (Lipinski definition) is 5. The number of carboxylic acids is 1. The van der Waals surface area contributed by atoms with E-state index in [2.05, 4.69) is 26.0 Å². The summed E-state index contributed by atoms with van der Waals surface area (Å²) in [6.45, 7) is 0.765. The van der Waals surface area contributed by atoms with Gasteiger partial charge in [0.2, 0.25) is 5.95 Å². The molecule has 8 heteroatoms. The molecule has 1 aliphatic rings. The number of anilines is 1. The minimum absolute atomic E-state index is 0.223. The highest BCUT2D eigenvalue weighted by atomic mass is 79.9. The molecular weight excluding hydrogens is 314 g/mol. The molecule has 3 N–H and O–H groups in total. The van der Waals surface area contributed by atoms with E-state index in [-0.39, 0.29) is 6.54 Å². The lowest BCUT2D eigenvalue weighted by atomic mass is 10.0. The highest BCUT2D eigenvalue weighted by Gasteiger charge is 2.42. The van der Waals surface area contributed by atoms with Gasteiger partial charge in [-0.15, -0.1) is 5.10 Å². The molecule has 1 saturated heterocycles. The van der Waals surface area contributed by atoms with Crippen LogP contribution in [0.5, 0.6) is 0 Å². The summed E-state index contributed by atoms with van der Waals surface area (Å²) in [4.78, 5) is 17.3. The number of hydrogen-bond donors (Lipinski definition) is 2. The van der Waals surface area contributed by atoms with E-state index in [0.29, 0.717) is 24.6 Å². The van der Waals surface area contributed by atoms with E-state index in [1.165, 1.54) is 0 Å². The van der Waals surface area contributed by atoms with Crippen molar-refractivity contribution in [3.05, 3.63) is 22.8 Å². The molecule has 1 unspecified atom stereocenters. The first-order valence-corrected chi connectivity index (χ1v) is 6.56. The summed E-state index contributed by atoms with van der Waals surface area (Å²) in [6.07, 6.45) is 2.19. The molecule has 19 heavy (non-hydrogen) atoms. The third-order valence-electron chi connectivity index (χ3n) is 3.29. The fraction of sp³-hybridized carbons (Fsp3) is 0.364. The van der Waals surface area contributed by atoms with Crippen LogP contribution in [0.2, 0.25) is 0 Å². The average molecular weight is 326 g/mol. The molecule has 100 valence electrons. The number of aliphatic carboxylic acids is 1. The molecule has 1 fully saturated rings. The Morgan fingerprint density at radius 3 is 3.00 bits per heavy atom. The van der Waals surface area contributed by atoms with Gasteiger partial charge >= 0.3 is 5.97 Å². The molecule has 0 bridgehead atoms. The molecule has 2 aromatic heterocycles. The Kier molecular flexibility index (Phi) is 2.72. The molecule has 7 nitrogen and oxygen atoms in total. The van der Waals surface area contributed by atoms with Gasteiger partial charge in [0.1, 0.15) is 5.54 Å². The lowest BCUT2D eigenvalue weighted by Crippen LogP contribution is -2.50. The van der Waals surface area contributed by atoms with Gasteiger partial charge in [0.15, 0.2) is 5.65 Å². The van der Waals surface area contributed by atoms with Crippen molar-refractivity contribution in [1.82, 2.24) is 14.6 Å². The molecule has 0 aromatic carbocycles. The molecule has 2 aromatic rings. The molecule has 0 spiro atoms. The average Bonchev–Trinajstić information content (AvgIpc) is 2.93. The Bertz CT molecular complexity index is 658. The van der Waals surface area contributed by atoms with Gasteiger partial charge in [-0.05, 0) is 34.5 Å². The zero-order valence-electron chi connectivity index (χ0n) is 9.95. The number of carbonyl (C=O) groups is 1. The van der Waals surface area contributed by atoms with Gasteiger partial charge in [-0.3, -0.25) is 4.79 Å². The maximum Gasteiger partial charge on any atom is 0.325 e. The number of fused-ring (bicyclic) bond motifs is 1. The molecule has 3 rings (SSSR count). The minimum atomic E-state index is -1.21. The fourth-order valence-electron chi connectivity index (χ4n) is 2.16. The molecule has 1 aliphatic heterocycles. The molecule has 1 atom stereocenters. The van der Waals surface area contributed by atoms with Gasteiger partial charge in [0, 0.05) is 23.8 Å². The molecule has 0 radical (unpaired) electrons. The third kappa shape index (κ3) is 2.06. The summed E-state index contributed by atoms with van der Waals surface area (Å²) in [6, 6.07) is 3.71. The van der Waals surface area contributed by atoms with E-state index >= 15 is 0 Å². The smallest absolute Gasteiger partial charge is 0.325 e. The predicted octanol–water partition coefficient (Wildman–Crippen LogP) is 0.484. The topological polar surface area (TPSA) is 96.8 Å². The van der Waals surface area contributed by atoms with Gasteiger partial charge in [0.25, 0.3) is 0 Å². The number of nitrogens with two attached hydrogens (primary N) is 1. The second-order valence-electron chi connectivity index (χ2n) is 4.69. The van der Waals surface area contributed by atoms with Crippen molar-refractivity contribution in [3.8, 4) is 0 Å². The largest absolute Gasteiger partial charge is 0.480 e. The van der Waals surface area contributed by atoms with Crippen LogP contribution in [0.3, 0.4) is 0 Å². The molecule has 0 amide bonds. The van der Waals surface area contributed by atoms with Crippen molar-refractivity contribution in [3.63, 3.8) is 0 Å². The van der Waals surface area contributed by atoms with Crippen molar-refractivity contribution in [2.75, 3.05) is 18.0 Å². The Morgan fingerprint density at radius 1 is 1.53 bits per heavy atom. The summed E-state index contributed by atoms with van der Waals surface area (Å²) < 4.78 is 2.55. The Hall–Kier alpha value is -1.67. The normalized spacial score (nSPS) is 23.2. The summed E-state index contributed by atoms with van der Waals surface area (Å²) in [5.74, 6) is -0.479. The van der Waals surface area contributed by atoms with Crippen LogP contribution in [-0.2, 0) is 4.79 Å². The van der Waals surface area contributed by atoms with Gasteiger partial charge in [0.05, 0.1) is 0 Å². The van der Waals surface area contributed by atoms with E-state index < -0.39 is 11.5 Å². The van der Waals surface area contributed by atoms with Crippen LogP contribution in [0.4, 0.5) is 5.95 Å². The zero-order valence-corrected chi connectivity index (χ0v) is 11.5. The minimum Gasteiger partial charge on any atom is -0.480 e. The van der Waals surface area contributed by atoms with Crippen LogP contribution >= 0.6 is 15.9 Å². The Labute approximate surface area is 117 Å². The van der Waals surface area contributed by atoms with Crippen molar-refractivity contribution < 1.29 is 9.90 Å². The number of carboxylic acid groups (broad SMARTS) is 1. The summed E-state index contributed by atoms with van der Waals surface area (Å²) in [5.41, 5.74) is 5.34. The highest BCUT2D eigenvalue weighted by molar-refractivity contribution is 9.10. The molecule has 3 heterocycles. The summed E-state index contributed by atoms with van der Waals surface area (Å²) >= 11 is 3.36. The van der Waals surface area contributed by atoms with Crippen molar-refractivity contribution in [2.24, 2.45) is 5.73 Å². The third-order valence-corrected chi connectivity index (χ3v) is 3.76. The van der Waals surface area contributed by atoms with Gasteiger partial charge in [-0.2, -0.15) is 4.98 Å². The van der Waals surface area contributed by atoms with Gasteiger partial charge in [-0.1, -0.05) is 0 Å². The van der Waals surface area contributed by atoms with E-state index in [9.17, 15) is 4.79 Å². The lowest BCUT2D eigenvalue weighted by Gasteiger charge is -2.18. The number of aromatic nitrogens is 3. The standard InChI is InChI=1S/C11H12BrN5O2/c12-7-1-2-8-14-10(15-17(8)5-7)16-4-3-11(13,6-16)9(18)19/h1-2,5H,3-4,6,13H2,(H,18,19). The number of nitrogens with zero attached hydrogens (tertiary/aromatic N) is 4. The van der Waals surface area contributed by atoms with Crippen molar-refractivity contribution in [2.45, 2.75) is 12.0 Å². The Balaban J connectivity index is 1.92. The maximum absolute atomic E-state index is 11.1. The number of rotatable bonds is 2. The van der Waals surface area contributed by atoms with Crippen LogP contribution in [0.25, 0.3) is 5.65 Å². The quantitative estimate of drug-likeness (QED) is 0.833. The highest BCUT2D eigenvalue weighted by Crippen LogP contribution is 2.23. The van der Waals surface area contributed by atoms with Crippen LogP contribution in [-0.4, -0.2) is 44.3 Å². The first-order chi connectivity index (χ1) is 8.98.